The number of carboxylic acid groups (broad SMARTS) is 1. The van der Waals surface area contributed by atoms with Crippen LogP contribution in [0.25, 0.3) is 0 Å². The maximum absolute atomic E-state index is 15.2. The van der Waals surface area contributed by atoms with E-state index in [2.05, 4.69) is 5.32 Å². The van der Waals surface area contributed by atoms with E-state index in [1.807, 2.05) is 0 Å². The van der Waals surface area contributed by atoms with Crippen LogP contribution in [0.2, 0.25) is 10.0 Å². The highest BCUT2D eigenvalue weighted by Crippen LogP contribution is 2.53. The zero-order chi connectivity index (χ0) is 23.3. The number of carbonyl (C=O) groups is 1. The zero-order valence-corrected chi connectivity index (χ0v) is 18.6. The molecule has 5 nitrogen and oxygen atoms in total. The molecule has 0 amide bonds. The van der Waals surface area contributed by atoms with Crippen molar-refractivity contribution in [3.63, 3.8) is 0 Å². The second-order valence-corrected chi connectivity index (χ2v) is 9.77. The number of carboxylic acids is 1. The minimum absolute atomic E-state index is 0.0107. The Morgan fingerprint density at radius 3 is 2.50 bits per heavy atom. The number of aliphatic hydroxyl groups is 1. The van der Waals surface area contributed by atoms with Gasteiger partial charge < -0.3 is 15.9 Å². The van der Waals surface area contributed by atoms with Gasteiger partial charge in [0, 0.05) is 29.2 Å². The first kappa shape index (κ1) is 23.4. The first-order chi connectivity index (χ1) is 15.1. The smallest absolute Gasteiger partial charge is 0.321 e. The first-order valence-electron chi connectivity index (χ1n) is 10.4. The van der Waals surface area contributed by atoms with E-state index in [0.29, 0.717) is 6.42 Å². The Bertz CT molecular complexity index is 1040. The minimum Gasteiger partial charge on any atom is -0.480 e. The number of hydrogen-bond donors (Lipinski definition) is 4. The lowest BCUT2D eigenvalue weighted by atomic mass is 9.62. The van der Waals surface area contributed by atoms with Crippen LogP contribution in [0.4, 0.5) is 8.78 Å². The Labute approximate surface area is 194 Å². The van der Waals surface area contributed by atoms with Gasteiger partial charge in [-0.1, -0.05) is 47.8 Å². The van der Waals surface area contributed by atoms with Crippen LogP contribution in [0.1, 0.15) is 42.7 Å². The zero-order valence-electron chi connectivity index (χ0n) is 17.1. The van der Waals surface area contributed by atoms with Crippen LogP contribution in [-0.2, 0) is 10.3 Å². The third kappa shape index (κ3) is 3.70. The van der Waals surface area contributed by atoms with E-state index < -0.39 is 46.6 Å². The summed E-state index contributed by atoms with van der Waals surface area (Å²) in [5, 5.41) is 23.0. The molecule has 1 saturated carbocycles. The average molecular weight is 485 g/mol. The first-order valence-corrected chi connectivity index (χ1v) is 11.2. The summed E-state index contributed by atoms with van der Waals surface area (Å²) in [4.78, 5) is 12.3. The molecule has 0 radical (unpaired) electrons. The summed E-state index contributed by atoms with van der Waals surface area (Å²) in [7, 11) is 0. The number of aliphatic carboxylic acids is 1. The number of halogens is 4. The van der Waals surface area contributed by atoms with Crippen LogP contribution in [0.5, 0.6) is 0 Å². The molecule has 32 heavy (non-hydrogen) atoms. The molecule has 1 aliphatic carbocycles. The van der Waals surface area contributed by atoms with Crippen LogP contribution in [0.3, 0.4) is 0 Å². The molecule has 0 unspecified atom stereocenters. The highest BCUT2D eigenvalue weighted by atomic mass is 35.5. The number of nitrogens with one attached hydrogen (secondary N) is 1. The van der Waals surface area contributed by atoms with E-state index >= 15 is 8.78 Å². The molecule has 2 aliphatic rings. The van der Waals surface area contributed by atoms with Crippen LogP contribution in [-0.4, -0.2) is 34.9 Å². The fourth-order valence-electron chi connectivity index (χ4n) is 5.32. The van der Waals surface area contributed by atoms with Crippen molar-refractivity contribution in [2.45, 2.75) is 49.2 Å². The molecule has 5 N–H and O–H groups in total. The lowest BCUT2D eigenvalue weighted by Gasteiger charge is -2.46. The van der Waals surface area contributed by atoms with Gasteiger partial charge in [0.05, 0.1) is 10.6 Å². The lowest BCUT2D eigenvalue weighted by molar-refractivity contribution is -0.139. The Kier molecular flexibility index (Phi) is 6.24. The van der Waals surface area contributed by atoms with Gasteiger partial charge in [0.15, 0.2) is 0 Å². The molecule has 9 heteroatoms. The number of benzene rings is 2. The van der Waals surface area contributed by atoms with Gasteiger partial charge in [0.2, 0.25) is 0 Å². The largest absolute Gasteiger partial charge is 0.480 e. The highest BCUT2D eigenvalue weighted by Gasteiger charge is 2.59. The molecule has 0 bridgehead atoms. The van der Waals surface area contributed by atoms with Crippen molar-refractivity contribution in [1.29, 1.82) is 0 Å². The fourth-order valence-corrected chi connectivity index (χ4v) is 5.66. The topological polar surface area (TPSA) is 95.6 Å². The fraction of sp³-hybridized carbons (Fsp3) is 0.435. The summed E-state index contributed by atoms with van der Waals surface area (Å²) in [6, 6.07) is 6.21. The molecule has 2 fully saturated rings. The minimum atomic E-state index is -1.65. The van der Waals surface area contributed by atoms with Crippen LogP contribution in [0, 0.1) is 17.0 Å². The third-order valence-electron chi connectivity index (χ3n) is 7.17. The monoisotopic (exact) mass is 484 g/mol. The lowest BCUT2D eigenvalue weighted by Crippen LogP contribution is -2.54. The van der Waals surface area contributed by atoms with Crippen molar-refractivity contribution in [3.05, 3.63) is 69.2 Å². The molecule has 0 aromatic heterocycles. The summed E-state index contributed by atoms with van der Waals surface area (Å²) < 4.78 is 30.4. The molecule has 0 spiro atoms. The molecule has 4 rings (SSSR count). The van der Waals surface area contributed by atoms with Crippen molar-refractivity contribution < 1.29 is 23.8 Å². The molecule has 2 aromatic carbocycles. The van der Waals surface area contributed by atoms with Crippen molar-refractivity contribution in [2.75, 3.05) is 6.61 Å². The van der Waals surface area contributed by atoms with Crippen molar-refractivity contribution >= 4 is 29.2 Å². The van der Waals surface area contributed by atoms with Gasteiger partial charge in [0.25, 0.3) is 0 Å². The van der Waals surface area contributed by atoms with E-state index in [9.17, 15) is 15.0 Å². The van der Waals surface area contributed by atoms with Crippen LogP contribution < -0.4 is 11.1 Å². The molecule has 2 aromatic rings. The third-order valence-corrected chi connectivity index (χ3v) is 7.70. The van der Waals surface area contributed by atoms with E-state index in [0.717, 1.165) is 25.3 Å². The van der Waals surface area contributed by atoms with Gasteiger partial charge in [0.1, 0.15) is 17.7 Å². The van der Waals surface area contributed by atoms with Gasteiger partial charge in [-0.2, -0.15) is 0 Å². The van der Waals surface area contributed by atoms with Crippen molar-refractivity contribution in [2.24, 2.45) is 11.1 Å². The predicted octanol–water partition coefficient (Wildman–Crippen LogP) is 4.19. The standard InChI is InChI=1S/C23H24Cl2F2N2O3/c24-12-5-6-14(16(26)9-12)23(28)17(10-22(11-30)7-2-8-22)29-20(21(31)32)18(23)13-3-1-4-15(25)19(13)27/h1,3-6,9,17-18,20,29-30H,2,7-8,10-11,28H2,(H,31,32)/t17-,18-,20+,23+/m0/s1. The van der Waals surface area contributed by atoms with E-state index in [4.69, 9.17) is 28.9 Å². The molecule has 1 saturated heterocycles. The summed E-state index contributed by atoms with van der Waals surface area (Å²) >= 11 is 11.9. The summed E-state index contributed by atoms with van der Waals surface area (Å²) in [6.45, 7) is -0.0989. The predicted molar refractivity (Wildman–Crippen MR) is 118 cm³/mol. The van der Waals surface area contributed by atoms with Crippen molar-refractivity contribution in [3.8, 4) is 0 Å². The van der Waals surface area contributed by atoms with Crippen LogP contribution >= 0.6 is 23.2 Å². The van der Waals surface area contributed by atoms with Crippen LogP contribution in [0.15, 0.2) is 36.4 Å². The summed E-state index contributed by atoms with van der Waals surface area (Å²) in [6.07, 6.45) is 2.73. The van der Waals surface area contributed by atoms with Gasteiger partial charge in [-0.15, -0.1) is 0 Å². The maximum atomic E-state index is 15.2. The molecular formula is C23H24Cl2F2N2O3. The SMILES string of the molecule is N[C@]1(c2ccc(Cl)cc2F)[C@H](CC2(CO)CCC2)N[C@@H](C(=O)O)[C@@H]1c1cccc(Cl)c1F. The number of nitrogens with two attached hydrogens (primary N) is 1. The quantitative estimate of drug-likeness (QED) is 0.493. The Balaban J connectivity index is 1.93. The van der Waals surface area contributed by atoms with Crippen molar-refractivity contribution in [1.82, 2.24) is 5.32 Å². The van der Waals surface area contributed by atoms with E-state index in [1.54, 1.807) is 0 Å². The Morgan fingerprint density at radius 1 is 1.22 bits per heavy atom. The van der Waals surface area contributed by atoms with Gasteiger partial charge in [-0.3, -0.25) is 10.1 Å². The van der Waals surface area contributed by atoms with Gasteiger partial charge in [-0.25, -0.2) is 8.78 Å². The summed E-state index contributed by atoms with van der Waals surface area (Å²) in [5.74, 6) is -3.92. The molecule has 1 heterocycles. The number of hydrogen-bond acceptors (Lipinski definition) is 4. The maximum Gasteiger partial charge on any atom is 0.321 e. The number of aliphatic hydroxyl groups excluding tert-OH is 1. The molecule has 4 atom stereocenters. The Hall–Kier alpha value is -1.77. The molecular weight excluding hydrogens is 461 g/mol. The van der Waals surface area contributed by atoms with E-state index in [-0.39, 0.29) is 27.8 Å². The molecule has 172 valence electrons. The Morgan fingerprint density at radius 2 is 1.94 bits per heavy atom. The summed E-state index contributed by atoms with van der Waals surface area (Å²) in [5.41, 5.74) is 4.86. The normalized spacial score (nSPS) is 29.0. The second kappa shape index (κ2) is 8.54. The number of rotatable bonds is 6. The highest BCUT2D eigenvalue weighted by molar-refractivity contribution is 6.31. The van der Waals surface area contributed by atoms with Gasteiger partial charge >= 0.3 is 5.97 Å². The average Bonchev–Trinajstić information content (AvgIpc) is 3.00. The molecule has 1 aliphatic heterocycles. The van der Waals surface area contributed by atoms with E-state index in [1.165, 1.54) is 30.3 Å². The van der Waals surface area contributed by atoms with Gasteiger partial charge in [-0.05, 0) is 48.4 Å². The second-order valence-electron chi connectivity index (χ2n) is 8.93.